The van der Waals surface area contributed by atoms with Crippen LogP contribution in [0.1, 0.15) is 0 Å². The molecule has 2 heterocycles. The molecule has 13 aromatic rings. The van der Waals surface area contributed by atoms with Crippen molar-refractivity contribution in [3.63, 3.8) is 0 Å². The van der Waals surface area contributed by atoms with Gasteiger partial charge in [0.1, 0.15) is 0 Å². The molecule has 0 aliphatic heterocycles. The van der Waals surface area contributed by atoms with Crippen molar-refractivity contribution < 1.29 is 0 Å². The summed E-state index contributed by atoms with van der Waals surface area (Å²) in [6, 6.07) is 93.1. The Bertz CT molecular complexity index is 3900. The first-order valence-electron chi connectivity index (χ1n) is 22.9. The van der Waals surface area contributed by atoms with Gasteiger partial charge in [-0.05, 0) is 116 Å². The lowest BCUT2D eigenvalue weighted by atomic mass is 9.96. The molecule has 0 N–H and O–H groups in total. The van der Waals surface area contributed by atoms with E-state index in [4.69, 9.17) is 0 Å². The Morgan fingerprint density at radius 3 is 1.51 bits per heavy atom. The highest BCUT2D eigenvalue weighted by atomic mass is 32.1. The number of fused-ring (bicyclic) bond motifs is 8. The maximum atomic E-state index is 2.42. The monoisotopic (exact) mass is 870 g/mol. The molecule has 0 aliphatic rings. The predicted octanol–water partition coefficient (Wildman–Crippen LogP) is 18.4. The van der Waals surface area contributed by atoms with Crippen LogP contribution in [0.5, 0.6) is 0 Å². The van der Waals surface area contributed by atoms with Gasteiger partial charge in [-0.3, -0.25) is 0 Å². The number of benzene rings is 11. The van der Waals surface area contributed by atoms with Crippen molar-refractivity contribution in [2.45, 2.75) is 0 Å². The molecule has 0 fully saturated rings. The highest BCUT2D eigenvalue weighted by Gasteiger charge is 2.20. The van der Waals surface area contributed by atoms with Crippen molar-refractivity contribution in [3.8, 4) is 50.2 Å². The minimum absolute atomic E-state index is 1.08. The third kappa shape index (κ3) is 6.79. The summed E-state index contributed by atoms with van der Waals surface area (Å²) >= 11 is 1.89. The van der Waals surface area contributed by atoms with E-state index in [0.29, 0.717) is 0 Å². The zero-order valence-corrected chi connectivity index (χ0v) is 37.4. The van der Waals surface area contributed by atoms with Gasteiger partial charge in [0.2, 0.25) is 0 Å². The van der Waals surface area contributed by atoms with Gasteiger partial charge in [-0.15, -0.1) is 11.3 Å². The largest absolute Gasteiger partial charge is 0.310 e. The van der Waals surface area contributed by atoms with Gasteiger partial charge < -0.3 is 9.47 Å². The van der Waals surface area contributed by atoms with E-state index in [1.54, 1.807) is 0 Å². The Morgan fingerprint density at radius 2 is 0.821 bits per heavy atom. The summed E-state index contributed by atoms with van der Waals surface area (Å²) in [5.41, 5.74) is 16.3. The molecule has 0 bridgehead atoms. The summed E-state index contributed by atoms with van der Waals surface area (Å²) in [5.74, 6) is 0. The van der Waals surface area contributed by atoms with E-state index in [1.165, 1.54) is 86.1 Å². The van der Waals surface area contributed by atoms with Crippen LogP contribution >= 0.6 is 11.3 Å². The summed E-state index contributed by atoms with van der Waals surface area (Å²) in [4.78, 5) is 2.42. The van der Waals surface area contributed by atoms with E-state index in [0.717, 1.165) is 33.9 Å². The molecule has 0 aliphatic carbocycles. The highest BCUT2D eigenvalue weighted by molar-refractivity contribution is 7.26. The van der Waals surface area contributed by atoms with Crippen molar-refractivity contribution >= 4 is 81.1 Å². The number of para-hydroxylation sites is 2. The summed E-state index contributed by atoms with van der Waals surface area (Å²) in [7, 11) is 0. The molecule has 314 valence electrons. The molecule has 13 rings (SSSR count). The molecule has 0 spiro atoms. The van der Waals surface area contributed by atoms with Gasteiger partial charge in [0.15, 0.2) is 0 Å². The number of thiophene rings is 1. The van der Waals surface area contributed by atoms with Crippen molar-refractivity contribution in [1.29, 1.82) is 0 Å². The maximum Gasteiger partial charge on any atom is 0.0541 e. The molecule has 0 atom stereocenters. The topological polar surface area (TPSA) is 8.17 Å². The molecule has 67 heavy (non-hydrogen) atoms. The second-order valence-electron chi connectivity index (χ2n) is 17.3. The van der Waals surface area contributed by atoms with Gasteiger partial charge in [-0.25, -0.2) is 0 Å². The molecule has 0 saturated heterocycles. The van der Waals surface area contributed by atoms with Gasteiger partial charge in [-0.2, -0.15) is 0 Å². The highest BCUT2D eigenvalue weighted by Crippen LogP contribution is 2.45. The molecule has 2 aromatic heterocycles. The molecule has 0 unspecified atom stereocenters. The summed E-state index contributed by atoms with van der Waals surface area (Å²) in [5, 5.41) is 7.76. The summed E-state index contributed by atoms with van der Waals surface area (Å²) in [6.45, 7) is 0. The molecule has 2 nitrogen and oxygen atoms in total. The minimum Gasteiger partial charge on any atom is -0.310 e. The van der Waals surface area contributed by atoms with Crippen LogP contribution in [-0.4, -0.2) is 4.57 Å². The van der Waals surface area contributed by atoms with Gasteiger partial charge in [0.05, 0.1) is 16.7 Å². The zero-order chi connectivity index (χ0) is 44.3. The normalized spacial score (nSPS) is 11.6. The van der Waals surface area contributed by atoms with Crippen LogP contribution in [0.2, 0.25) is 0 Å². The van der Waals surface area contributed by atoms with Gasteiger partial charge in [0, 0.05) is 53.6 Å². The first-order chi connectivity index (χ1) is 33.2. The lowest BCUT2D eigenvalue weighted by Gasteiger charge is -2.29. The van der Waals surface area contributed by atoms with Crippen LogP contribution in [0.25, 0.3) is 103 Å². The Morgan fingerprint density at radius 1 is 0.313 bits per heavy atom. The Labute approximate surface area is 393 Å². The number of rotatable bonds is 8. The maximum absolute atomic E-state index is 2.42. The smallest absolute Gasteiger partial charge is 0.0541 e. The van der Waals surface area contributed by atoms with E-state index >= 15 is 0 Å². The number of aromatic nitrogens is 1. The van der Waals surface area contributed by atoms with Gasteiger partial charge in [-0.1, -0.05) is 188 Å². The average Bonchev–Trinajstić information content (AvgIpc) is 3.96. The SMILES string of the molecule is c1ccc(-c2ccc(N(c3ccc(-c4cccc(-n5c6ccccc6c6ccccc65)c4)cc3)c3ccc(-c4ccc5c(c4)sc4c6ccccc6ccc54)cc3)c(-c3ccccc3)c2)cc1. The van der Waals surface area contributed by atoms with Crippen LogP contribution in [-0.2, 0) is 0 Å². The minimum atomic E-state index is 1.08. The van der Waals surface area contributed by atoms with Gasteiger partial charge >= 0.3 is 0 Å². The Kier molecular flexibility index (Phi) is 9.40. The van der Waals surface area contributed by atoms with Crippen molar-refractivity contribution in [1.82, 2.24) is 4.57 Å². The number of anilines is 3. The molecular formula is C64H42N2S. The first-order valence-corrected chi connectivity index (χ1v) is 23.7. The van der Waals surface area contributed by atoms with Crippen LogP contribution < -0.4 is 4.90 Å². The Hall–Kier alpha value is -8.50. The fourth-order valence-corrected chi connectivity index (χ4v) is 11.4. The van der Waals surface area contributed by atoms with E-state index in [2.05, 4.69) is 264 Å². The summed E-state index contributed by atoms with van der Waals surface area (Å²) in [6.07, 6.45) is 0. The van der Waals surface area contributed by atoms with E-state index in [-0.39, 0.29) is 0 Å². The molecule has 0 radical (unpaired) electrons. The fourth-order valence-electron chi connectivity index (χ4n) is 10.1. The third-order valence-corrected chi connectivity index (χ3v) is 14.6. The molecule has 11 aromatic carbocycles. The Balaban J connectivity index is 0.918. The van der Waals surface area contributed by atoms with Crippen LogP contribution in [0.15, 0.2) is 255 Å². The van der Waals surface area contributed by atoms with Crippen molar-refractivity contribution in [2.75, 3.05) is 4.90 Å². The fraction of sp³-hybridized carbons (Fsp3) is 0. The van der Waals surface area contributed by atoms with Crippen molar-refractivity contribution in [2.24, 2.45) is 0 Å². The molecule has 3 heteroatoms. The molecule has 0 saturated carbocycles. The van der Waals surface area contributed by atoms with Gasteiger partial charge in [0.25, 0.3) is 0 Å². The molecular weight excluding hydrogens is 829 g/mol. The van der Waals surface area contributed by atoms with Crippen LogP contribution in [0, 0.1) is 0 Å². The predicted molar refractivity (Wildman–Crippen MR) is 288 cm³/mol. The van der Waals surface area contributed by atoms with Crippen LogP contribution in [0.3, 0.4) is 0 Å². The number of hydrogen-bond acceptors (Lipinski definition) is 2. The lowest BCUT2D eigenvalue weighted by molar-refractivity contribution is 1.18. The first kappa shape index (κ1) is 38.9. The molecule has 0 amide bonds. The zero-order valence-electron chi connectivity index (χ0n) is 36.6. The van der Waals surface area contributed by atoms with E-state index in [1.807, 2.05) is 11.3 Å². The standard InChI is InChI=1S/C64H42N2S/c1-3-14-43(15-4-1)49-32-39-62(59(41-49)46-16-5-2-6-17-46)65(52-35-28-45(29-36-52)50-31-37-57-58-38-30-47-18-7-8-21-54(47)64(58)67-63(57)42-50)51-33-26-44(27-34-51)48-19-13-20-53(40-48)66-60-24-11-9-22-55(60)56-23-10-12-25-61(56)66/h1-42H. The lowest BCUT2D eigenvalue weighted by Crippen LogP contribution is -2.11. The van der Waals surface area contributed by atoms with Crippen molar-refractivity contribution in [3.05, 3.63) is 255 Å². The third-order valence-electron chi connectivity index (χ3n) is 13.4. The van der Waals surface area contributed by atoms with E-state index < -0.39 is 0 Å². The summed E-state index contributed by atoms with van der Waals surface area (Å²) < 4.78 is 5.05. The number of nitrogens with zero attached hydrogens (tertiary/aromatic N) is 2. The second-order valence-corrected chi connectivity index (χ2v) is 18.3. The van der Waals surface area contributed by atoms with E-state index in [9.17, 15) is 0 Å². The number of hydrogen-bond donors (Lipinski definition) is 0. The average molecular weight is 871 g/mol. The van der Waals surface area contributed by atoms with Crippen LogP contribution in [0.4, 0.5) is 17.1 Å². The quantitative estimate of drug-likeness (QED) is 0.148. The second kappa shape index (κ2) is 16.2.